The molecule has 2 heterocycles. The van der Waals surface area contributed by atoms with Crippen LogP contribution in [-0.2, 0) is 9.53 Å². The highest BCUT2D eigenvalue weighted by Gasteiger charge is 2.23. The van der Waals surface area contributed by atoms with Crippen LogP contribution in [0.4, 0.5) is 5.13 Å². The summed E-state index contributed by atoms with van der Waals surface area (Å²) < 4.78 is 17.4. The zero-order valence-electron chi connectivity index (χ0n) is 20.4. The molecule has 2 aromatic carbocycles. The Morgan fingerprint density at radius 3 is 2.57 bits per heavy atom. The third kappa shape index (κ3) is 6.88. The van der Waals surface area contributed by atoms with Crippen molar-refractivity contribution in [1.82, 2.24) is 9.88 Å². The van der Waals surface area contributed by atoms with E-state index in [9.17, 15) is 4.79 Å². The number of amides is 1. The molecule has 35 heavy (non-hydrogen) atoms. The number of hydrogen-bond acceptors (Lipinski definition) is 8. The minimum atomic E-state index is 0.109. The predicted octanol–water partition coefficient (Wildman–Crippen LogP) is 4.94. The number of aromatic nitrogens is 1. The van der Waals surface area contributed by atoms with Crippen molar-refractivity contribution in [3.05, 3.63) is 42.5 Å². The van der Waals surface area contributed by atoms with Crippen molar-refractivity contribution in [2.75, 3.05) is 64.3 Å². The van der Waals surface area contributed by atoms with Gasteiger partial charge in [-0.05, 0) is 42.9 Å². The third-order valence-corrected chi connectivity index (χ3v) is 8.13. The number of carbonyl (C=O) groups is 1. The number of morpholine rings is 1. The molecule has 1 aliphatic rings. The van der Waals surface area contributed by atoms with Crippen LogP contribution in [0.15, 0.2) is 47.4 Å². The lowest BCUT2D eigenvalue weighted by Crippen LogP contribution is -2.39. The monoisotopic (exact) mass is 515 g/mol. The SMILES string of the molecule is COc1ccc(OC)c2sc(N(CCCN3CCOCC3)C(=O)CCCSc3ccccc3)nc12. The first-order chi connectivity index (χ1) is 17.2. The summed E-state index contributed by atoms with van der Waals surface area (Å²) in [4.78, 5) is 23.7. The fourth-order valence-corrected chi connectivity index (χ4v) is 6.05. The maximum atomic E-state index is 13.4. The Balaban J connectivity index is 1.46. The minimum Gasteiger partial charge on any atom is -0.495 e. The summed E-state index contributed by atoms with van der Waals surface area (Å²) in [5, 5.41) is 0.700. The molecule has 0 N–H and O–H groups in total. The van der Waals surface area contributed by atoms with Gasteiger partial charge in [0.25, 0.3) is 0 Å². The first kappa shape index (κ1) is 25.8. The second-order valence-electron chi connectivity index (χ2n) is 8.26. The van der Waals surface area contributed by atoms with Crippen molar-refractivity contribution < 1.29 is 19.0 Å². The molecule has 4 rings (SSSR count). The number of thiazole rings is 1. The number of benzene rings is 2. The van der Waals surface area contributed by atoms with E-state index >= 15 is 0 Å². The van der Waals surface area contributed by atoms with Gasteiger partial charge in [0.2, 0.25) is 5.91 Å². The fraction of sp³-hybridized carbons (Fsp3) is 0.462. The van der Waals surface area contributed by atoms with Gasteiger partial charge in [0.1, 0.15) is 21.7 Å². The van der Waals surface area contributed by atoms with E-state index in [4.69, 9.17) is 19.2 Å². The molecular formula is C26H33N3O4S2. The van der Waals surface area contributed by atoms with Crippen LogP contribution < -0.4 is 14.4 Å². The Morgan fingerprint density at radius 2 is 1.83 bits per heavy atom. The molecule has 1 amide bonds. The summed E-state index contributed by atoms with van der Waals surface area (Å²) in [6.07, 6.45) is 2.19. The van der Waals surface area contributed by atoms with E-state index in [-0.39, 0.29) is 5.91 Å². The van der Waals surface area contributed by atoms with Crippen LogP contribution in [0.3, 0.4) is 0 Å². The zero-order valence-corrected chi connectivity index (χ0v) is 22.0. The quantitative estimate of drug-likeness (QED) is 0.250. The Morgan fingerprint density at radius 1 is 1.09 bits per heavy atom. The lowest BCUT2D eigenvalue weighted by molar-refractivity contribution is -0.118. The molecule has 3 aromatic rings. The van der Waals surface area contributed by atoms with E-state index in [1.807, 2.05) is 35.2 Å². The van der Waals surface area contributed by atoms with Crippen molar-refractivity contribution in [2.24, 2.45) is 0 Å². The van der Waals surface area contributed by atoms with Crippen molar-refractivity contribution in [3.63, 3.8) is 0 Å². The van der Waals surface area contributed by atoms with Gasteiger partial charge in [-0.2, -0.15) is 0 Å². The third-order valence-electron chi connectivity index (χ3n) is 5.94. The van der Waals surface area contributed by atoms with Crippen LogP contribution in [0, 0.1) is 0 Å². The maximum absolute atomic E-state index is 13.4. The Bertz CT molecular complexity index is 1050. The maximum Gasteiger partial charge on any atom is 0.228 e. The highest BCUT2D eigenvalue weighted by Crippen LogP contribution is 2.40. The second-order valence-corrected chi connectivity index (χ2v) is 10.4. The van der Waals surface area contributed by atoms with Gasteiger partial charge in [0.15, 0.2) is 5.13 Å². The molecule has 0 radical (unpaired) electrons. The number of thioether (sulfide) groups is 1. The molecule has 9 heteroatoms. The lowest BCUT2D eigenvalue weighted by atomic mass is 10.2. The van der Waals surface area contributed by atoms with E-state index in [0.29, 0.717) is 23.8 Å². The van der Waals surface area contributed by atoms with Gasteiger partial charge < -0.3 is 14.2 Å². The van der Waals surface area contributed by atoms with Crippen LogP contribution in [-0.4, -0.2) is 75.2 Å². The smallest absolute Gasteiger partial charge is 0.228 e. The van der Waals surface area contributed by atoms with Gasteiger partial charge in [-0.25, -0.2) is 4.98 Å². The number of hydrogen-bond donors (Lipinski definition) is 0. The Labute approximate surface area is 215 Å². The normalized spacial score (nSPS) is 14.2. The van der Waals surface area contributed by atoms with Crippen molar-refractivity contribution in [1.29, 1.82) is 0 Å². The van der Waals surface area contributed by atoms with Gasteiger partial charge in [-0.15, -0.1) is 11.8 Å². The molecule has 0 atom stereocenters. The van der Waals surface area contributed by atoms with E-state index in [1.165, 1.54) is 16.2 Å². The fourth-order valence-electron chi connectivity index (χ4n) is 4.06. The Kier molecular flexibility index (Phi) is 9.65. The molecule has 0 spiro atoms. The van der Waals surface area contributed by atoms with Crippen molar-refractivity contribution >= 4 is 44.4 Å². The summed E-state index contributed by atoms with van der Waals surface area (Å²) >= 11 is 3.27. The largest absolute Gasteiger partial charge is 0.495 e. The molecule has 1 aromatic heterocycles. The van der Waals surface area contributed by atoms with E-state index < -0.39 is 0 Å². The van der Waals surface area contributed by atoms with Crippen molar-refractivity contribution in [2.45, 2.75) is 24.2 Å². The summed E-state index contributed by atoms with van der Waals surface area (Å²) in [5.74, 6) is 2.43. The highest BCUT2D eigenvalue weighted by molar-refractivity contribution is 7.99. The molecular weight excluding hydrogens is 482 g/mol. The topological polar surface area (TPSA) is 64.1 Å². The van der Waals surface area contributed by atoms with E-state index in [0.717, 1.165) is 67.4 Å². The molecule has 188 valence electrons. The van der Waals surface area contributed by atoms with Gasteiger partial charge in [0, 0.05) is 37.5 Å². The van der Waals surface area contributed by atoms with Crippen LogP contribution in [0.5, 0.6) is 11.5 Å². The molecule has 1 fully saturated rings. The van der Waals surface area contributed by atoms with Crippen LogP contribution in [0.2, 0.25) is 0 Å². The standard InChI is InChI=1S/C26H33N3O4S2/c1-31-21-11-12-22(32-2)25-24(21)27-26(35-25)29(14-7-13-28-15-17-33-18-16-28)23(30)10-6-19-34-20-8-4-3-5-9-20/h3-5,8-9,11-12H,6-7,10,13-19H2,1-2H3. The van der Waals surface area contributed by atoms with Crippen LogP contribution in [0.25, 0.3) is 10.2 Å². The first-order valence-electron chi connectivity index (χ1n) is 12.0. The molecule has 1 saturated heterocycles. The predicted molar refractivity (Wildman–Crippen MR) is 143 cm³/mol. The highest BCUT2D eigenvalue weighted by atomic mass is 32.2. The average molecular weight is 516 g/mol. The number of nitrogens with zero attached hydrogens (tertiary/aromatic N) is 3. The molecule has 0 saturated carbocycles. The number of ether oxygens (including phenoxy) is 3. The first-order valence-corrected chi connectivity index (χ1v) is 13.8. The summed E-state index contributed by atoms with van der Waals surface area (Å²) in [6.45, 7) is 5.01. The Hall–Kier alpha value is -2.33. The van der Waals surface area contributed by atoms with Crippen LogP contribution >= 0.6 is 23.1 Å². The second kappa shape index (κ2) is 13.1. The number of methoxy groups -OCH3 is 2. The average Bonchev–Trinajstić information content (AvgIpc) is 3.35. The number of anilines is 1. The summed E-state index contributed by atoms with van der Waals surface area (Å²) in [7, 11) is 3.28. The number of fused-ring (bicyclic) bond motifs is 1. The van der Waals surface area contributed by atoms with Gasteiger partial charge in [-0.1, -0.05) is 29.5 Å². The number of rotatable bonds is 12. The van der Waals surface area contributed by atoms with E-state index in [1.54, 1.807) is 26.0 Å². The van der Waals surface area contributed by atoms with Gasteiger partial charge in [0.05, 0.1) is 27.4 Å². The zero-order chi connectivity index (χ0) is 24.5. The van der Waals surface area contributed by atoms with E-state index in [2.05, 4.69) is 17.0 Å². The molecule has 0 bridgehead atoms. The molecule has 7 nitrogen and oxygen atoms in total. The van der Waals surface area contributed by atoms with Gasteiger partial charge in [-0.3, -0.25) is 14.6 Å². The molecule has 0 unspecified atom stereocenters. The van der Waals surface area contributed by atoms with Crippen LogP contribution in [0.1, 0.15) is 19.3 Å². The molecule has 0 aliphatic carbocycles. The minimum absolute atomic E-state index is 0.109. The van der Waals surface area contributed by atoms with Gasteiger partial charge >= 0.3 is 0 Å². The molecule has 1 aliphatic heterocycles. The number of carbonyl (C=O) groups excluding carboxylic acids is 1. The lowest BCUT2D eigenvalue weighted by Gasteiger charge is -2.27. The summed E-state index contributed by atoms with van der Waals surface area (Å²) in [6, 6.07) is 14.0. The summed E-state index contributed by atoms with van der Waals surface area (Å²) in [5.41, 5.74) is 0.734. The van der Waals surface area contributed by atoms with Crippen molar-refractivity contribution in [3.8, 4) is 11.5 Å².